The number of methoxy groups -OCH3 is 1. The van der Waals surface area contributed by atoms with Gasteiger partial charge in [-0.1, -0.05) is 24.6 Å². The SMILES string of the molecule is CCOC(=O)C1=C(COC(=O)Cc2cc(C)ccc2OC)NC(=O)N[C@H]1CC. The van der Waals surface area contributed by atoms with Gasteiger partial charge >= 0.3 is 18.0 Å². The standard InChI is InChI=1S/C20H26N2O6/c1-5-14-18(19(24)27-6-2)15(22-20(25)21-14)11-28-17(23)10-13-9-12(3)7-8-16(13)26-4/h7-9,14H,5-6,10-11H2,1-4H3,(H2,21,22,25)/t14-/m0/s1. The Labute approximate surface area is 164 Å². The van der Waals surface area contributed by atoms with Crippen LogP contribution < -0.4 is 15.4 Å². The number of carbonyl (C=O) groups is 3. The third kappa shape index (κ3) is 5.25. The van der Waals surface area contributed by atoms with Crippen molar-refractivity contribution in [3.63, 3.8) is 0 Å². The lowest BCUT2D eigenvalue weighted by atomic mass is 10.0. The molecule has 1 heterocycles. The molecule has 0 spiro atoms. The van der Waals surface area contributed by atoms with Gasteiger partial charge in [0.05, 0.1) is 37.4 Å². The van der Waals surface area contributed by atoms with Crippen LogP contribution in [0.25, 0.3) is 0 Å². The van der Waals surface area contributed by atoms with E-state index in [4.69, 9.17) is 14.2 Å². The minimum atomic E-state index is -0.548. The molecular weight excluding hydrogens is 364 g/mol. The Hall–Kier alpha value is -3.03. The number of amides is 2. The van der Waals surface area contributed by atoms with Crippen LogP contribution in [-0.4, -0.2) is 44.3 Å². The average Bonchev–Trinajstić information content (AvgIpc) is 2.66. The number of aryl methyl sites for hydroxylation is 1. The van der Waals surface area contributed by atoms with Crippen molar-refractivity contribution in [3.05, 3.63) is 40.6 Å². The number of hydrogen-bond acceptors (Lipinski definition) is 6. The van der Waals surface area contributed by atoms with Crippen LogP contribution in [0.5, 0.6) is 5.75 Å². The van der Waals surface area contributed by atoms with Crippen LogP contribution >= 0.6 is 0 Å². The smallest absolute Gasteiger partial charge is 0.338 e. The zero-order chi connectivity index (χ0) is 20.7. The first-order valence-corrected chi connectivity index (χ1v) is 9.16. The lowest BCUT2D eigenvalue weighted by Gasteiger charge is -2.28. The molecule has 8 heteroatoms. The van der Waals surface area contributed by atoms with Crippen molar-refractivity contribution in [1.82, 2.24) is 10.6 Å². The predicted octanol–water partition coefficient (Wildman–Crippen LogP) is 2.00. The minimum Gasteiger partial charge on any atom is -0.496 e. The highest BCUT2D eigenvalue weighted by Crippen LogP contribution is 2.21. The fourth-order valence-electron chi connectivity index (χ4n) is 2.98. The number of carbonyl (C=O) groups excluding carboxylic acids is 3. The number of urea groups is 1. The molecule has 0 bridgehead atoms. The molecule has 8 nitrogen and oxygen atoms in total. The van der Waals surface area contributed by atoms with Crippen LogP contribution in [0.1, 0.15) is 31.4 Å². The maximum Gasteiger partial charge on any atom is 0.338 e. The third-order valence-corrected chi connectivity index (χ3v) is 4.30. The van der Waals surface area contributed by atoms with E-state index in [2.05, 4.69) is 10.6 Å². The molecule has 0 radical (unpaired) electrons. The van der Waals surface area contributed by atoms with Crippen molar-refractivity contribution in [2.45, 2.75) is 39.7 Å². The topological polar surface area (TPSA) is 103 Å². The molecule has 2 N–H and O–H groups in total. The van der Waals surface area contributed by atoms with E-state index < -0.39 is 24.0 Å². The van der Waals surface area contributed by atoms with Gasteiger partial charge in [0.25, 0.3) is 0 Å². The Kier molecular flexibility index (Phi) is 7.43. The lowest BCUT2D eigenvalue weighted by molar-refractivity contribution is -0.143. The van der Waals surface area contributed by atoms with Gasteiger partial charge in [-0.15, -0.1) is 0 Å². The molecule has 1 aliphatic heterocycles. The van der Waals surface area contributed by atoms with Crippen LogP contribution in [0.4, 0.5) is 4.79 Å². The Balaban J connectivity index is 2.15. The molecule has 2 amide bonds. The van der Waals surface area contributed by atoms with Crippen LogP contribution in [0, 0.1) is 6.92 Å². The average molecular weight is 390 g/mol. The van der Waals surface area contributed by atoms with Crippen LogP contribution in [0.3, 0.4) is 0 Å². The lowest BCUT2D eigenvalue weighted by Crippen LogP contribution is -2.51. The fourth-order valence-corrected chi connectivity index (χ4v) is 2.98. The third-order valence-electron chi connectivity index (χ3n) is 4.30. The Morgan fingerprint density at radius 3 is 2.57 bits per heavy atom. The second kappa shape index (κ2) is 9.77. The summed E-state index contributed by atoms with van der Waals surface area (Å²) in [6, 6.07) is 4.57. The van der Waals surface area contributed by atoms with E-state index in [1.807, 2.05) is 26.0 Å². The number of ether oxygens (including phenoxy) is 3. The summed E-state index contributed by atoms with van der Waals surface area (Å²) < 4.78 is 15.7. The monoisotopic (exact) mass is 390 g/mol. The van der Waals surface area contributed by atoms with Crippen LogP contribution in [-0.2, 0) is 25.5 Å². The zero-order valence-electron chi connectivity index (χ0n) is 16.6. The van der Waals surface area contributed by atoms with Gasteiger partial charge in [0.1, 0.15) is 12.4 Å². The molecule has 0 unspecified atom stereocenters. The van der Waals surface area contributed by atoms with Crippen molar-refractivity contribution >= 4 is 18.0 Å². The maximum atomic E-state index is 12.3. The molecule has 1 atom stereocenters. The Morgan fingerprint density at radius 1 is 1.18 bits per heavy atom. The first-order chi connectivity index (χ1) is 13.4. The molecule has 2 rings (SSSR count). The molecular formula is C20H26N2O6. The number of nitrogens with one attached hydrogen (secondary N) is 2. The minimum absolute atomic E-state index is 0.0102. The zero-order valence-corrected chi connectivity index (χ0v) is 16.6. The van der Waals surface area contributed by atoms with Gasteiger partial charge in [-0.3, -0.25) is 4.79 Å². The number of hydrogen-bond donors (Lipinski definition) is 2. The van der Waals surface area contributed by atoms with Gasteiger partial charge in [0.15, 0.2) is 0 Å². The number of esters is 2. The summed E-state index contributed by atoms with van der Waals surface area (Å²) in [4.78, 5) is 36.5. The molecule has 1 aromatic rings. The summed E-state index contributed by atoms with van der Waals surface area (Å²) in [6.07, 6.45) is 0.510. The van der Waals surface area contributed by atoms with Crippen molar-refractivity contribution in [2.24, 2.45) is 0 Å². The highest BCUT2D eigenvalue weighted by molar-refractivity contribution is 5.94. The predicted molar refractivity (Wildman–Crippen MR) is 102 cm³/mol. The molecule has 152 valence electrons. The highest BCUT2D eigenvalue weighted by atomic mass is 16.5. The van der Waals surface area contributed by atoms with Crippen molar-refractivity contribution in [2.75, 3.05) is 20.3 Å². The van der Waals surface area contributed by atoms with Gasteiger partial charge in [0, 0.05) is 5.56 Å². The van der Waals surface area contributed by atoms with E-state index in [0.29, 0.717) is 17.7 Å². The molecule has 0 aromatic heterocycles. The van der Waals surface area contributed by atoms with Crippen molar-refractivity contribution in [1.29, 1.82) is 0 Å². The summed E-state index contributed by atoms with van der Waals surface area (Å²) in [5.74, 6) is -0.455. The first kappa shape index (κ1) is 21.3. The van der Waals surface area contributed by atoms with Crippen molar-refractivity contribution < 1.29 is 28.6 Å². The molecule has 28 heavy (non-hydrogen) atoms. The fraction of sp³-hybridized carbons (Fsp3) is 0.450. The van der Waals surface area contributed by atoms with Gasteiger partial charge in [-0.2, -0.15) is 0 Å². The second-order valence-corrected chi connectivity index (χ2v) is 6.32. The van der Waals surface area contributed by atoms with Gasteiger partial charge in [0.2, 0.25) is 0 Å². The summed E-state index contributed by atoms with van der Waals surface area (Å²) in [7, 11) is 1.53. The molecule has 1 aliphatic rings. The van der Waals surface area contributed by atoms with Gasteiger partial charge in [-0.25, -0.2) is 9.59 Å². The normalized spacial score (nSPS) is 16.1. The molecule has 0 fully saturated rings. The van der Waals surface area contributed by atoms with Gasteiger partial charge in [-0.05, 0) is 26.3 Å². The Bertz CT molecular complexity index is 787. The quantitative estimate of drug-likeness (QED) is 0.658. The Morgan fingerprint density at radius 2 is 1.93 bits per heavy atom. The summed E-state index contributed by atoms with van der Waals surface area (Å²) >= 11 is 0. The molecule has 0 saturated carbocycles. The summed E-state index contributed by atoms with van der Waals surface area (Å²) in [5, 5.41) is 5.22. The van der Waals surface area contributed by atoms with Gasteiger partial charge < -0.3 is 24.8 Å². The maximum absolute atomic E-state index is 12.3. The molecule has 1 aromatic carbocycles. The van der Waals surface area contributed by atoms with E-state index in [9.17, 15) is 14.4 Å². The highest BCUT2D eigenvalue weighted by Gasteiger charge is 2.32. The van der Waals surface area contributed by atoms with E-state index in [1.165, 1.54) is 7.11 Å². The summed E-state index contributed by atoms with van der Waals surface area (Å²) in [5.41, 5.74) is 2.20. The molecule has 0 saturated heterocycles. The molecule has 0 aliphatic carbocycles. The van der Waals surface area contributed by atoms with E-state index in [1.54, 1.807) is 13.0 Å². The van der Waals surface area contributed by atoms with Crippen LogP contribution in [0.15, 0.2) is 29.5 Å². The van der Waals surface area contributed by atoms with Crippen LogP contribution in [0.2, 0.25) is 0 Å². The van der Waals surface area contributed by atoms with E-state index >= 15 is 0 Å². The largest absolute Gasteiger partial charge is 0.496 e. The summed E-state index contributed by atoms with van der Waals surface area (Å²) in [6.45, 7) is 5.42. The van der Waals surface area contributed by atoms with E-state index in [-0.39, 0.29) is 30.9 Å². The second-order valence-electron chi connectivity index (χ2n) is 6.32. The van der Waals surface area contributed by atoms with E-state index in [0.717, 1.165) is 5.56 Å². The van der Waals surface area contributed by atoms with Crippen molar-refractivity contribution in [3.8, 4) is 5.75 Å². The number of rotatable bonds is 8. The number of benzene rings is 1. The first-order valence-electron chi connectivity index (χ1n) is 9.16.